The quantitative estimate of drug-likeness (QED) is 0.295. The molecule has 0 aliphatic heterocycles. The second-order valence-corrected chi connectivity index (χ2v) is 10.6. The standard InChI is InChI=1S/C28H28ClN3O3S/c1-35-28(34)20-9-7-18(8-10-20)15-30-26(33)24-14-22(29)13-21-11-12-32(25(21)24)16-23-17-36-27(31-23)19-5-3-2-4-6-19/h2-6,11-14,17-18,20H,7-10,15-16H2,1H3,(H,30,33). The lowest BCUT2D eigenvalue weighted by Gasteiger charge is -2.27. The Bertz CT molecular complexity index is 1370. The molecule has 0 radical (unpaired) electrons. The van der Waals surface area contributed by atoms with Crippen LogP contribution in [0.3, 0.4) is 0 Å². The van der Waals surface area contributed by atoms with Gasteiger partial charge in [-0.25, -0.2) is 4.98 Å². The fourth-order valence-electron chi connectivity index (χ4n) is 4.99. The zero-order chi connectivity index (χ0) is 25.1. The van der Waals surface area contributed by atoms with Gasteiger partial charge in [-0.15, -0.1) is 11.3 Å². The third-order valence-corrected chi connectivity index (χ3v) is 8.07. The number of nitrogens with zero attached hydrogens (tertiary/aromatic N) is 2. The van der Waals surface area contributed by atoms with Crippen molar-refractivity contribution < 1.29 is 14.3 Å². The molecule has 0 saturated heterocycles. The van der Waals surface area contributed by atoms with Crippen LogP contribution in [0.1, 0.15) is 41.7 Å². The molecule has 6 nitrogen and oxygen atoms in total. The van der Waals surface area contributed by atoms with Crippen LogP contribution < -0.4 is 5.32 Å². The van der Waals surface area contributed by atoms with E-state index in [1.807, 2.05) is 36.5 Å². The van der Waals surface area contributed by atoms with Crippen molar-refractivity contribution in [2.75, 3.05) is 13.7 Å². The average Bonchev–Trinajstić information content (AvgIpc) is 3.54. The molecule has 0 unspecified atom stereocenters. The molecule has 0 bridgehead atoms. The van der Waals surface area contributed by atoms with E-state index >= 15 is 0 Å². The maximum atomic E-state index is 13.3. The maximum absolute atomic E-state index is 13.3. The lowest BCUT2D eigenvalue weighted by Crippen LogP contribution is -2.33. The number of nitrogens with one attached hydrogen (secondary N) is 1. The van der Waals surface area contributed by atoms with E-state index in [2.05, 4.69) is 27.4 Å². The Kier molecular flexibility index (Phi) is 7.39. The van der Waals surface area contributed by atoms with Crippen LogP contribution in [0, 0.1) is 11.8 Å². The van der Waals surface area contributed by atoms with Gasteiger partial charge in [-0.2, -0.15) is 0 Å². The van der Waals surface area contributed by atoms with E-state index in [4.69, 9.17) is 21.3 Å². The number of thiazole rings is 1. The fraction of sp³-hybridized carbons (Fsp3) is 0.321. The van der Waals surface area contributed by atoms with Gasteiger partial charge in [0.1, 0.15) is 5.01 Å². The highest BCUT2D eigenvalue weighted by Gasteiger charge is 2.27. The van der Waals surface area contributed by atoms with Crippen molar-refractivity contribution in [2.24, 2.45) is 11.8 Å². The smallest absolute Gasteiger partial charge is 0.308 e. The van der Waals surface area contributed by atoms with Gasteiger partial charge >= 0.3 is 5.97 Å². The van der Waals surface area contributed by atoms with Gasteiger partial charge in [-0.1, -0.05) is 41.9 Å². The number of amides is 1. The van der Waals surface area contributed by atoms with Crippen LogP contribution in [-0.4, -0.2) is 35.1 Å². The average molecular weight is 522 g/mol. The summed E-state index contributed by atoms with van der Waals surface area (Å²) in [7, 11) is 1.44. The lowest BCUT2D eigenvalue weighted by atomic mass is 9.82. The Balaban J connectivity index is 1.31. The topological polar surface area (TPSA) is 73.2 Å². The van der Waals surface area contributed by atoms with Gasteiger partial charge in [0.25, 0.3) is 5.91 Å². The van der Waals surface area contributed by atoms with Gasteiger partial charge < -0.3 is 14.6 Å². The molecule has 4 aromatic rings. The molecule has 0 atom stereocenters. The van der Waals surface area contributed by atoms with Crippen molar-refractivity contribution in [3.63, 3.8) is 0 Å². The zero-order valence-electron chi connectivity index (χ0n) is 20.1. The number of fused-ring (bicyclic) bond motifs is 1. The molecule has 2 aromatic carbocycles. The molecule has 1 aliphatic rings. The van der Waals surface area contributed by atoms with Gasteiger partial charge in [-0.3, -0.25) is 9.59 Å². The van der Waals surface area contributed by atoms with E-state index in [9.17, 15) is 9.59 Å². The number of aromatic nitrogens is 2. The largest absolute Gasteiger partial charge is 0.469 e. The Morgan fingerprint density at radius 2 is 1.92 bits per heavy atom. The van der Waals surface area contributed by atoms with E-state index < -0.39 is 0 Å². The van der Waals surface area contributed by atoms with Crippen LogP contribution in [0.5, 0.6) is 0 Å². The summed E-state index contributed by atoms with van der Waals surface area (Å²) in [5.41, 5.74) is 3.45. The van der Waals surface area contributed by atoms with Gasteiger partial charge in [0, 0.05) is 34.1 Å². The number of ether oxygens (including phenoxy) is 1. The highest BCUT2D eigenvalue weighted by Crippen LogP contribution is 2.30. The first kappa shape index (κ1) is 24.5. The summed E-state index contributed by atoms with van der Waals surface area (Å²) in [5, 5.41) is 7.61. The first-order valence-corrected chi connectivity index (χ1v) is 13.4. The summed E-state index contributed by atoms with van der Waals surface area (Å²) < 4.78 is 6.94. The van der Waals surface area contributed by atoms with Gasteiger partial charge in [0.2, 0.25) is 0 Å². The highest BCUT2D eigenvalue weighted by atomic mass is 35.5. The SMILES string of the molecule is COC(=O)C1CCC(CNC(=O)c2cc(Cl)cc3ccn(Cc4csc(-c5ccccc5)n4)c23)CC1. The highest BCUT2D eigenvalue weighted by molar-refractivity contribution is 7.13. The number of carbonyl (C=O) groups excluding carboxylic acids is 2. The van der Waals surface area contributed by atoms with Crippen LogP contribution in [0.4, 0.5) is 0 Å². The summed E-state index contributed by atoms with van der Waals surface area (Å²) in [5.74, 6) is 0.0602. The number of benzene rings is 2. The second-order valence-electron chi connectivity index (χ2n) is 9.30. The van der Waals surface area contributed by atoms with E-state index in [0.717, 1.165) is 52.9 Å². The third-order valence-electron chi connectivity index (χ3n) is 6.91. The van der Waals surface area contributed by atoms with Crippen LogP contribution in [0.2, 0.25) is 5.02 Å². The van der Waals surface area contributed by atoms with Gasteiger partial charge in [-0.05, 0) is 49.8 Å². The fourth-order valence-corrected chi connectivity index (χ4v) is 6.03. The summed E-state index contributed by atoms with van der Waals surface area (Å²) in [4.78, 5) is 29.9. The van der Waals surface area contributed by atoms with Gasteiger partial charge in [0.05, 0.1) is 36.3 Å². The van der Waals surface area contributed by atoms with Gasteiger partial charge in [0.15, 0.2) is 0 Å². The van der Waals surface area contributed by atoms with Crippen molar-refractivity contribution in [2.45, 2.75) is 32.2 Å². The molecule has 0 spiro atoms. The second kappa shape index (κ2) is 10.8. The molecule has 2 aromatic heterocycles. The summed E-state index contributed by atoms with van der Waals surface area (Å²) >= 11 is 7.99. The predicted molar refractivity (Wildman–Crippen MR) is 143 cm³/mol. The minimum atomic E-state index is -0.138. The molecule has 36 heavy (non-hydrogen) atoms. The lowest BCUT2D eigenvalue weighted by molar-refractivity contribution is -0.146. The molecular weight excluding hydrogens is 494 g/mol. The van der Waals surface area contributed by atoms with Crippen LogP contribution in [0.15, 0.2) is 60.1 Å². The van der Waals surface area contributed by atoms with Crippen LogP contribution in [-0.2, 0) is 16.1 Å². The van der Waals surface area contributed by atoms with E-state index in [0.29, 0.717) is 29.6 Å². The van der Waals surface area contributed by atoms with Crippen molar-refractivity contribution in [1.29, 1.82) is 0 Å². The molecular formula is C28H28ClN3O3S. The molecule has 186 valence electrons. The Labute approximate surface area is 219 Å². The number of methoxy groups -OCH3 is 1. The number of carbonyl (C=O) groups is 2. The molecule has 8 heteroatoms. The number of halogens is 1. The molecule has 1 saturated carbocycles. The number of hydrogen-bond donors (Lipinski definition) is 1. The Morgan fingerprint density at radius 3 is 2.67 bits per heavy atom. The molecule has 5 rings (SSSR count). The van der Waals surface area contributed by atoms with Crippen LogP contribution >= 0.6 is 22.9 Å². The maximum Gasteiger partial charge on any atom is 0.308 e. The summed E-state index contributed by atoms with van der Waals surface area (Å²) in [6.45, 7) is 1.14. The van der Waals surface area contributed by atoms with Crippen molar-refractivity contribution in [3.8, 4) is 10.6 Å². The van der Waals surface area contributed by atoms with E-state index in [-0.39, 0.29) is 17.8 Å². The van der Waals surface area contributed by atoms with Crippen molar-refractivity contribution >= 4 is 45.7 Å². The molecule has 1 amide bonds. The summed E-state index contributed by atoms with van der Waals surface area (Å²) in [6.07, 6.45) is 5.38. The minimum Gasteiger partial charge on any atom is -0.469 e. The van der Waals surface area contributed by atoms with E-state index in [1.54, 1.807) is 17.4 Å². The number of rotatable bonds is 7. The zero-order valence-corrected chi connectivity index (χ0v) is 21.6. The molecule has 1 fully saturated rings. The number of esters is 1. The Morgan fingerprint density at radius 1 is 1.14 bits per heavy atom. The third kappa shape index (κ3) is 5.32. The Hall–Kier alpha value is -3.16. The summed E-state index contributed by atoms with van der Waals surface area (Å²) in [6, 6.07) is 15.7. The first-order valence-electron chi connectivity index (χ1n) is 12.2. The van der Waals surface area contributed by atoms with Crippen molar-refractivity contribution in [3.05, 3.63) is 76.4 Å². The van der Waals surface area contributed by atoms with Crippen LogP contribution in [0.25, 0.3) is 21.5 Å². The monoisotopic (exact) mass is 521 g/mol. The molecule has 1 aliphatic carbocycles. The number of hydrogen-bond acceptors (Lipinski definition) is 5. The molecule has 2 heterocycles. The normalized spacial score (nSPS) is 17.7. The van der Waals surface area contributed by atoms with E-state index in [1.165, 1.54) is 7.11 Å². The van der Waals surface area contributed by atoms with Crippen molar-refractivity contribution in [1.82, 2.24) is 14.9 Å². The predicted octanol–water partition coefficient (Wildman–Crippen LogP) is 6.18. The minimum absolute atomic E-state index is 0.0223. The first-order chi connectivity index (χ1) is 17.5. The molecule has 1 N–H and O–H groups in total.